The van der Waals surface area contributed by atoms with E-state index in [1.54, 1.807) is 17.8 Å². The van der Waals surface area contributed by atoms with Crippen molar-refractivity contribution in [3.05, 3.63) is 53.8 Å². The van der Waals surface area contributed by atoms with E-state index < -0.39 is 0 Å². The van der Waals surface area contributed by atoms with Crippen molar-refractivity contribution in [3.8, 4) is 5.75 Å². The van der Waals surface area contributed by atoms with Crippen LogP contribution in [-0.4, -0.2) is 12.9 Å². The largest absolute Gasteiger partial charge is 0.492 e. The van der Waals surface area contributed by atoms with Gasteiger partial charge in [-0.1, -0.05) is 12.1 Å². The second-order valence-corrected chi connectivity index (χ2v) is 5.15. The predicted octanol–water partition coefficient (Wildman–Crippen LogP) is 4.56. The van der Waals surface area contributed by atoms with Crippen molar-refractivity contribution in [3.63, 3.8) is 0 Å². The minimum absolute atomic E-state index is 0.289. The summed E-state index contributed by atoms with van der Waals surface area (Å²) in [5.41, 5.74) is 1.98. The van der Waals surface area contributed by atoms with E-state index in [2.05, 4.69) is 35.8 Å². The maximum atomic E-state index is 13.2. The Kier molecular flexibility index (Phi) is 5.30. The molecule has 0 fully saturated rings. The highest BCUT2D eigenvalue weighted by Gasteiger charge is 2.05. The third-order valence-corrected chi connectivity index (χ3v) is 3.63. The molecule has 0 unspecified atom stereocenters. The summed E-state index contributed by atoms with van der Waals surface area (Å²) >= 11 is 1.72. The summed E-state index contributed by atoms with van der Waals surface area (Å²) in [4.78, 5) is 1.24. The van der Waals surface area contributed by atoms with Crippen molar-refractivity contribution < 1.29 is 9.13 Å². The van der Waals surface area contributed by atoms with Crippen LogP contribution in [0.15, 0.2) is 47.4 Å². The Bertz CT molecular complexity index is 557. The van der Waals surface area contributed by atoms with Gasteiger partial charge in [-0.25, -0.2) is 4.39 Å². The Morgan fingerprint density at radius 1 is 1.15 bits per heavy atom. The first-order valence-corrected chi connectivity index (χ1v) is 7.74. The van der Waals surface area contributed by atoms with Crippen LogP contribution in [0, 0.1) is 5.82 Å². The summed E-state index contributed by atoms with van der Waals surface area (Å²) in [6.07, 6.45) is 2.06. The molecule has 0 amide bonds. The summed E-state index contributed by atoms with van der Waals surface area (Å²) < 4.78 is 18.6. The molecule has 0 saturated heterocycles. The van der Waals surface area contributed by atoms with Gasteiger partial charge in [0.2, 0.25) is 0 Å². The molecule has 2 rings (SSSR count). The Labute approximate surface area is 123 Å². The molecule has 106 valence electrons. The Morgan fingerprint density at radius 2 is 1.90 bits per heavy atom. The molecule has 0 atom stereocenters. The molecule has 2 aromatic carbocycles. The molecule has 1 N–H and O–H groups in total. The smallest absolute Gasteiger partial charge is 0.145 e. The van der Waals surface area contributed by atoms with Crippen molar-refractivity contribution in [2.75, 3.05) is 18.2 Å². The summed E-state index contributed by atoms with van der Waals surface area (Å²) in [5.74, 6) is 0.261. The molecule has 0 aliphatic rings. The van der Waals surface area contributed by atoms with E-state index in [9.17, 15) is 4.39 Å². The highest BCUT2D eigenvalue weighted by molar-refractivity contribution is 7.98. The van der Waals surface area contributed by atoms with Crippen molar-refractivity contribution in [1.29, 1.82) is 0 Å². The van der Waals surface area contributed by atoms with E-state index in [0.29, 0.717) is 18.9 Å². The maximum Gasteiger partial charge on any atom is 0.145 e. The minimum atomic E-state index is -0.289. The molecular weight excluding hydrogens is 273 g/mol. The number of hydrogen-bond donors (Lipinski definition) is 1. The number of nitrogens with one attached hydrogen (secondary N) is 1. The zero-order valence-corrected chi connectivity index (χ0v) is 12.5. The van der Waals surface area contributed by atoms with E-state index in [-0.39, 0.29) is 5.82 Å². The van der Waals surface area contributed by atoms with Crippen LogP contribution in [0.1, 0.15) is 12.5 Å². The van der Waals surface area contributed by atoms with Crippen LogP contribution >= 0.6 is 11.8 Å². The third kappa shape index (κ3) is 3.90. The van der Waals surface area contributed by atoms with Crippen LogP contribution in [0.4, 0.5) is 10.1 Å². The molecule has 0 heterocycles. The molecule has 4 heteroatoms. The normalized spacial score (nSPS) is 10.3. The van der Waals surface area contributed by atoms with Crippen LogP contribution in [-0.2, 0) is 6.54 Å². The third-order valence-electron chi connectivity index (χ3n) is 2.89. The number of benzene rings is 2. The molecule has 0 bridgehead atoms. The number of anilines is 1. The fraction of sp³-hybridized carbons (Fsp3) is 0.250. The monoisotopic (exact) mass is 291 g/mol. The molecular formula is C16H18FNOS. The molecule has 0 aliphatic carbocycles. The van der Waals surface area contributed by atoms with Gasteiger partial charge in [-0.2, -0.15) is 0 Å². The molecule has 0 aliphatic heterocycles. The van der Waals surface area contributed by atoms with E-state index in [1.165, 1.54) is 22.6 Å². The Morgan fingerprint density at radius 3 is 2.55 bits per heavy atom. The molecule has 0 saturated carbocycles. The number of hydrogen-bond acceptors (Lipinski definition) is 3. The Hall–Kier alpha value is -1.68. The SMILES string of the molecule is CCOc1cc(F)ccc1NCc1ccc(SC)cc1. The number of halogens is 1. The molecule has 2 aromatic rings. The average Bonchev–Trinajstić information content (AvgIpc) is 2.47. The molecule has 20 heavy (non-hydrogen) atoms. The van der Waals surface area contributed by atoms with Crippen LogP contribution in [0.5, 0.6) is 5.75 Å². The summed E-state index contributed by atoms with van der Waals surface area (Å²) in [5, 5.41) is 3.28. The number of rotatable bonds is 6. The fourth-order valence-electron chi connectivity index (χ4n) is 1.86. The lowest BCUT2D eigenvalue weighted by Gasteiger charge is -2.12. The van der Waals surface area contributed by atoms with Gasteiger partial charge in [0.15, 0.2) is 0 Å². The van der Waals surface area contributed by atoms with E-state index >= 15 is 0 Å². The van der Waals surface area contributed by atoms with Gasteiger partial charge in [-0.05, 0) is 43.0 Å². The predicted molar refractivity (Wildman–Crippen MR) is 83.1 cm³/mol. The summed E-state index contributed by atoms with van der Waals surface area (Å²) in [6.45, 7) is 3.08. The average molecular weight is 291 g/mol. The summed E-state index contributed by atoms with van der Waals surface area (Å²) in [7, 11) is 0. The molecule has 2 nitrogen and oxygen atoms in total. The molecule has 0 radical (unpaired) electrons. The first-order valence-electron chi connectivity index (χ1n) is 6.52. The van der Waals surface area contributed by atoms with Crippen LogP contribution in [0.25, 0.3) is 0 Å². The van der Waals surface area contributed by atoms with Gasteiger partial charge in [0, 0.05) is 17.5 Å². The lowest BCUT2D eigenvalue weighted by Crippen LogP contribution is -2.03. The van der Waals surface area contributed by atoms with E-state index in [0.717, 1.165) is 5.69 Å². The zero-order chi connectivity index (χ0) is 14.4. The standard InChI is InChI=1S/C16H18FNOS/c1-3-19-16-10-13(17)6-9-15(16)18-11-12-4-7-14(20-2)8-5-12/h4-10,18H,3,11H2,1-2H3. The van der Waals surface area contributed by atoms with E-state index in [4.69, 9.17) is 4.74 Å². The molecule has 0 aromatic heterocycles. The van der Waals surface area contributed by atoms with Crippen molar-refractivity contribution >= 4 is 17.4 Å². The minimum Gasteiger partial charge on any atom is -0.492 e. The number of ether oxygens (including phenoxy) is 1. The fourth-order valence-corrected chi connectivity index (χ4v) is 2.27. The van der Waals surface area contributed by atoms with Gasteiger partial charge in [0.05, 0.1) is 12.3 Å². The van der Waals surface area contributed by atoms with Gasteiger partial charge >= 0.3 is 0 Å². The maximum absolute atomic E-state index is 13.2. The lowest BCUT2D eigenvalue weighted by atomic mass is 10.2. The van der Waals surface area contributed by atoms with Crippen LogP contribution < -0.4 is 10.1 Å². The molecule has 0 spiro atoms. The van der Waals surface area contributed by atoms with Crippen LogP contribution in [0.2, 0.25) is 0 Å². The van der Waals surface area contributed by atoms with Crippen molar-refractivity contribution in [1.82, 2.24) is 0 Å². The first-order chi connectivity index (χ1) is 9.72. The van der Waals surface area contributed by atoms with Crippen molar-refractivity contribution in [2.24, 2.45) is 0 Å². The highest BCUT2D eigenvalue weighted by atomic mass is 32.2. The first kappa shape index (κ1) is 14.7. The Balaban J connectivity index is 2.05. The topological polar surface area (TPSA) is 21.3 Å². The van der Waals surface area contributed by atoms with Gasteiger partial charge in [0.1, 0.15) is 11.6 Å². The lowest BCUT2D eigenvalue weighted by molar-refractivity contribution is 0.340. The summed E-state index contributed by atoms with van der Waals surface area (Å²) in [6, 6.07) is 12.9. The van der Waals surface area contributed by atoms with Gasteiger partial charge in [0.25, 0.3) is 0 Å². The van der Waals surface area contributed by atoms with Crippen molar-refractivity contribution in [2.45, 2.75) is 18.4 Å². The second-order valence-electron chi connectivity index (χ2n) is 4.28. The zero-order valence-electron chi connectivity index (χ0n) is 11.7. The van der Waals surface area contributed by atoms with Gasteiger partial charge in [-0.3, -0.25) is 0 Å². The number of thioether (sulfide) groups is 1. The van der Waals surface area contributed by atoms with Gasteiger partial charge < -0.3 is 10.1 Å². The van der Waals surface area contributed by atoms with Gasteiger partial charge in [-0.15, -0.1) is 11.8 Å². The second kappa shape index (κ2) is 7.20. The quantitative estimate of drug-likeness (QED) is 0.788. The van der Waals surface area contributed by atoms with E-state index in [1.807, 2.05) is 6.92 Å². The van der Waals surface area contributed by atoms with Crippen LogP contribution in [0.3, 0.4) is 0 Å². The highest BCUT2D eigenvalue weighted by Crippen LogP contribution is 2.26.